The fourth-order valence-corrected chi connectivity index (χ4v) is 4.33. The molecule has 0 unspecified atom stereocenters. The fourth-order valence-electron chi connectivity index (χ4n) is 4.33. The van der Waals surface area contributed by atoms with Crippen LogP contribution in [0.1, 0.15) is 21.5 Å². The van der Waals surface area contributed by atoms with Crippen molar-refractivity contribution in [1.82, 2.24) is 4.57 Å². The van der Waals surface area contributed by atoms with Gasteiger partial charge in [0.1, 0.15) is 5.82 Å². The Balaban J connectivity index is 1.83. The zero-order valence-electron chi connectivity index (χ0n) is 17.1. The molecule has 0 atom stereocenters. The van der Waals surface area contributed by atoms with E-state index in [1.807, 2.05) is 48.5 Å². The number of primary amides is 1. The Morgan fingerprint density at radius 3 is 2.42 bits per heavy atom. The Hall–Kier alpha value is -3.92. The minimum atomic E-state index is -0.474. The number of hydrogen-bond donors (Lipinski definition) is 1. The largest absolute Gasteiger partial charge is 0.366 e. The Morgan fingerprint density at radius 2 is 1.65 bits per heavy atom. The van der Waals surface area contributed by atoms with Gasteiger partial charge in [-0.05, 0) is 41.8 Å². The Labute approximate surface area is 179 Å². The molecule has 0 aliphatic rings. The van der Waals surface area contributed by atoms with E-state index in [-0.39, 0.29) is 5.82 Å². The third kappa shape index (κ3) is 3.17. The molecule has 31 heavy (non-hydrogen) atoms. The molecule has 152 valence electrons. The molecule has 0 saturated heterocycles. The number of hydrogen-bond acceptors (Lipinski definition) is 1. The van der Waals surface area contributed by atoms with E-state index in [9.17, 15) is 9.18 Å². The Morgan fingerprint density at radius 1 is 0.871 bits per heavy atom. The third-order valence-electron chi connectivity index (χ3n) is 5.86. The van der Waals surface area contributed by atoms with Crippen LogP contribution in [-0.4, -0.2) is 10.5 Å². The first-order valence-corrected chi connectivity index (χ1v) is 10.2. The van der Waals surface area contributed by atoms with Crippen LogP contribution in [0, 0.1) is 12.7 Å². The van der Waals surface area contributed by atoms with Crippen LogP contribution in [0.15, 0.2) is 84.9 Å². The van der Waals surface area contributed by atoms with Crippen molar-refractivity contribution < 1.29 is 9.18 Å². The van der Waals surface area contributed by atoms with Crippen molar-refractivity contribution in [3.8, 4) is 11.1 Å². The number of carbonyl (C=O) groups excluding carboxylic acids is 1. The average Bonchev–Trinajstić information content (AvgIpc) is 3.10. The molecule has 3 nitrogen and oxygen atoms in total. The van der Waals surface area contributed by atoms with Crippen LogP contribution < -0.4 is 5.73 Å². The zero-order valence-corrected chi connectivity index (χ0v) is 17.1. The minimum absolute atomic E-state index is 0.206. The van der Waals surface area contributed by atoms with Gasteiger partial charge >= 0.3 is 0 Å². The summed E-state index contributed by atoms with van der Waals surface area (Å²) in [6, 6.07) is 27.2. The van der Waals surface area contributed by atoms with Crippen LogP contribution in [0.25, 0.3) is 32.9 Å². The Bertz CT molecular complexity index is 1450. The van der Waals surface area contributed by atoms with E-state index in [2.05, 4.69) is 22.8 Å². The smallest absolute Gasteiger partial charge is 0.249 e. The van der Waals surface area contributed by atoms with Crippen molar-refractivity contribution in [2.24, 2.45) is 5.73 Å². The molecule has 0 fully saturated rings. The van der Waals surface area contributed by atoms with Gasteiger partial charge in [0, 0.05) is 21.9 Å². The summed E-state index contributed by atoms with van der Waals surface area (Å²) in [4.78, 5) is 12.2. The first-order chi connectivity index (χ1) is 15.0. The lowest BCUT2D eigenvalue weighted by molar-refractivity contribution is 0.100. The maximum absolute atomic E-state index is 14.9. The number of rotatable bonds is 4. The number of aryl methyl sites for hydroxylation is 1. The van der Waals surface area contributed by atoms with Gasteiger partial charge in [0.25, 0.3) is 0 Å². The average molecular weight is 408 g/mol. The maximum atomic E-state index is 14.9. The van der Waals surface area contributed by atoms with Gasteiger partial charge in [-0.25, -0.2) is 4.39 Å². The Kier molecular flexibility index (Phi) is 4.55. The molecule has 0 aliphatic heterocycles. The van der Waals surface area contributed by atoms with Crippen LogP contribution >= 0.6 is 0 Å². The molecule has 4 aromatic carbocycles. The number of nitrogens with zero attached hydrogens (tertiary/aromatic N) is 1. The molecule has 1 aromatic heterocycles. The summed E-state index contributed by atoms with van der Waals surface area (Å²) in [6.07, 6.45) is 0. The van der Waals surface area contributed by atoms with Gasteiger partial charge in [-0.2, -0.15) is 0 Å². The van der Waals surface area contributed by atoms with Crippen LogP contribution in [-0.2, 0) is 6.54 Å². The molecule has 2 N–H and O–H groups in total. The summed E-state index contributed by atoms with van der Waals surface area (Å²) in [5, 5.41) is 1.73. The third-order valence-corrected chi connectivity index (χ3v) is 5.86. The number of amides is 1. The number of nitrogens with two attached hydrogens (primary N) is 1. The molecule has 0 aliphatic carbocycles. The summed E-state index contributed by atoms with van der Waals surface area (Å²) in [5.74, 6) is -0.679. The lowest BCUT2D eigenvalue weighted by Gasteiger charge is -2.11. The minimum Gasteiger partial charge on any atom is -0.366 e. The monoisotopic (exact) mass is 408 g/mol. The van der Waals surface area contributed by atoms with Gasteiger partial charge in [0.15, 0.2) is 0 Å². The predicted molar refractivity (Wildman–Crippen MR) is 124 cm³/mol. The van der Waals surface area contributed by atoms with Crippen LogP contribution in [0.3, 0.4) is 0 Å². The van der Waals surface area contributed by atoms with Gasteiger partial charge in [-0.15, -0.1) is 0 Å². The second-order valence-electron chi connectivity index (χ2n) is 7.80. The highest BCUT2D eigenvalue weighted by Crippen LogP contribution is 2.35. The van der Waals surface area contributed by atoms with Crippen molar-refractivity contribution in [3.63, 3.8) is 0 Å². The van der Waals surface area contributed by atoms with Crippen molar-refractivity contribution in [3.05, 3.63) is 107 Å². The molecule has 0 spiro atoms. The summed E-state index contributed by atoms with van der Waals surface area (Å²) in [7, 11) is 0. The second kappa shape index (κ2) is 7.40. The van der Waals surface area contributed by atoms with E-state index in [4.69, 9.17) is 5.73 Å². The van der Waals surface area contributed by atoms with E-state index < -0.39 is 5.91 Å². The van der Waals surface area contributed by atoms with E-state index in [1.165, 1.54) is 0 Å². The molecule has 1 amide bonds. The highest BCUT2D eigenvalue weighted by atomic mass is 19.1. The molecular formula is C27H21FN2O. The zero-order chi connectivity index (χ0) is 21.5. The number of aromatic nitrogens is 1. The van der Waals surface area contributed by atoms with Gasteiger partial charge in [-0.3, -0.25) is 4.79 Å². The summed E-state index contributed by atoms with van der Waals surface area (Å²) < 4.78 is 16.9. The lowest BCUT2D eigenvalue weighted by Crippen LogP contribution is -2.11. The maximum Gasteiger partial charge on any atom is 0.249 e. The van der Waals surface area contributed by atoms with E-state index in [0.29, 0.717) is 23.2 Å². The molecule has 0 radical (unpaired) electrons. The lowest BCUT2D eigenvalue weighted by atomic mass is 10.0. The summed E-state index contributed by atoms with van der Waals surface area (Å²) in [5.41, 5.74) is 11.3. The first kappa shape index (κ1) is 19.1. The topological polar surface area (TPSA) is 48.0 Å². The number of fused-ring (bicyclic) bond motifs is 3. The number of halogens is 1. The molecule has 5 aromatic rings. The SMILES string of the molecule is Cc1cccc(Cn2c3cc(-c4ccccc4)ccc3c3c(C(N)=O)cccc32)c1F. The van der Waals surface area contributed by atoms with E-state index in [1.54, 1.807) is 25.1 Å². The highest BCUT2D eigenvalue weighted by molar-refractivity contribution is 6.18. The van der Waals surface area contributed by atoms with Crippen molar-refractivity contribution >= 4 is 27.7 Å². The van der Waals surface area contributed by atoms with Gasteiger partial charge in [-0.1, -0.05) is 66.7 Å². The quantitative estimate of drug-likeness (QED) is 0.386. The molecule has 0 bridgehead atoms. The molecule has 4 heteroatoms. The van der Waals surface area contributed by atoms with Crippen molar-refractivity contribution in [2.45, 2.75) is 13.5 Å². The normalized spacial score (nSPS) is 11.3. The molecular weight excluding hydrogens is 387 g/mol. The van der Waals surface area contributed by atoms with E-state index in [0.717, 1.165) is 32.9 Å². The van der Waals surface area contributed by atoms with Crippen LogP contribution in [0.2, 0.25) is 0 Å². The predicted octanol–water partition coefficient (Wildman–Crippen LogP) is 6.06. The number of benzene rings is 4. The standard InChI is InChI=1S/C27H21FN2O/c1-17-7-5-10-20(26(17)28)16-30-23-12-6-11-22(27(29)31)25(23)21-14-13-19(15-24(21)30)18-8-3-2-4-9-18/h2-15H,16H2,1H3,(H2,29,31). The van der Waals surface area contributed by atoms with Crippen LogP contribution in [0.5, 0.6) is 0 Å². The fraction of sp³-hybridized carbons (Fsp3) is 0.0741. The van der Waals surface area contributed by atoms with Gasteiger partial charge < -0.3 is 10.3 Å². The highest BCUT2D eigenvalue weighted by Gasteiger charge is 2.18. The second-order valence-corrected chi connectivity index (χ2v) is 7.80. The van der Waals surface area contributed by atoms with Crippen molar-refractivity contribution in [2.75, 3.05) is 0 Å². The van der Waals surface area contributed by atoms with Gasteiger partial charge in [0.2, 0.25) is 5.91 Å². The first-order valence-electron chi connectivity index (χ1n) is 10.2. The number of carbonyl (C=O) groups is 1. The molecule has 0 saturated carbocycles. The van der Waals surface area contributed by atoms with Gasteiger partial charge in [0.05, 0.1) is 17.6 Å². The van der Waals surface area contributed by atoms with Crippen LogP contribution in [0.4, 0.5) is 4.39 Å². The van der Waals surface area contributed by atoms with Crippen molar-refractivity contribution in [1.29, 1.82) is 0 Å². The summed E-state index contributed by atoms with van der Waals surface area (Å²) >= 11 is 0. The van der Waals surface area contributed by atoms with E-state index >= 15 is 0 Å². The summed E-state index contributed by atoms with van der Waals surface area (Å²) in [6.45, 7) is 2.12. The molecule has 5 rings (SSSR count). The molecule has 1 heterocycles.